The molecule has 0 aliphatic carbocycles. The highest BCUT2D eigenvalue weighted by Crippen LogP contribution is 2.36. The van der Waals surface area contributed by atoms with Crippen LogP contribution in [0.3, 0.4) is 0 Å². The molecule has 1 aromatic rings. The van der Waals surface area contributed by atoms with Gasteiger partial charge in [0.25, 0.3) is 5.69 Å². The van der Waals surface area contributed by atoms with Gasteiger partial charge in [-0.05, 0) is 12.1 Å². The van der Waals surface area contributed by atoms with Crippen LogP contribution in [0.4, 0.5) is 24.5 Å². The first-order chi connectivity index (χ1) is 12.1. The Labute approximate surface area is 148 Å². The summed E-state index contributed by atoms with van der Waals surface area (Å²) in [5, 5.41) is 11.2. The standard InChI is InChI=1S/C15H18F3N3O4S/c16-15(17,18)11-1-2-13(14(9-11)21(22)23)20-6-4-19(5-7-20)12-3-8-26(24,25)10-12/h1-2,9,12H,3-8,10H2/p+1/t12-/m1/s1. The number of piperazine rings is 1. The molecule has 1 N–H and O–H groups in total. The quantitative estimate of drug-likeness (QED) is 0.596. The Morgan fingerprint density at radius 3 is 2.38 bits per heavy atom. The Morgan fingerprint density at radius 1 is 1.23 bits per heavy atom. The lowest BCUT2D eigenvalue weighted by Gasteiger charge is -2.36. The summed E-state index contributed by atoms with van der Waals surface area (Å²) in [5.74, 6) is 0.345. The van der Waals surface area contributed by atoms with Crippen LogP contribution in [0.5, 0.6) is 0 Å². The number of nitrogens with one attached hydrogen (secondary N) is 1. The lowest BCUT2D eigenvalue weighted by atomic mass is 10.1. The van der Waals surface area contributed by atoms with Gasteiger partial charge in [0.2, 0.25) is 0 Å². The summed E-state index contributed by atoms with van der Waals surface area (Å²) in [7, 11) is -2.98. The summed E-state index contributed by atoms with van der Waals surface area (Å²) in [5.41, 5.74) is -1.44. The number of sulfone groups is 1. The van der Waals surface area contributed by atoms with Crippen molar-refractivity contribution >= 4 is 21.2 Å². The van der Waals surface area contributed by atoms with Gasteiger partial charge in [0.05, 0.1) is 42.4 Å². The van der Waals surface area contributed by atoms with Gasteiger partial charge in [0, 0.05) is 12.5 Å². The Hall–Kier alpha value is -1.88. The third-order valence-corrected chi connectivity index (χ3v) is 6.82. The van der Waals surface area contributed by atoms with E-state index in [0.717, 1.165) is 17.0 Å². The summed E-state index contributed by atoms with van der Waals surface area (Å²) < 4.78 is 61.6. The number of anilines is 1. The second-order valence-electron chi connectivity index (χ2n) is 6.70. The fraction of sp³-hybridized carbons (Fsp3) is 0.600. The van der Waals surface area contributed by atoms with E-state index in [-0.39, 0.29) is 23.2 Å². The maximum Gasteiger partial charge on any atom is 0.416 e. The molecule has 2 aliphatic rings. The highest BCUT2D eigenvalue weighted by atomic mass is 32.2. The van der Waals surface area contributed by atoms with Gasteiger partial charge in [-0.3, -0.25) is 10.1 Å². The molecule has 11 heteroatoms. The molecule has 2 fully saturated rings. The first-order valence-corrected chi connectivity index (χ1v) is 10.0. The Balaban J connectivity index is 1.74. The number of nitro benzene ring substituents is 1. The number of benzene rings is 1. The minimum Gasteiger partial charge on any atom is -0.355 e. The number of hydrogen-bond donors (Lipinski definition) is 1. The van der Waals surface area contributed by atoms with Crippen LogP contribution in [0, 0.1) is 10.1 Å². The van der Waals surface area contributed by atoms with E-state index in [4.69, 9.17) is 0 Å². The molecule has 0 unspecified atom stereocenters. The lowest BCUT2D eigenvalue weighted by molar-refractivity contribution is -0.922. The van der Waals surface area contributed by atoms with Crippen LogP contribution in [-0.2, 0) is 16.0 Å². The average molecular weight is 394 g/mol. The van der Waals surface area contributed by atoms with Crippen molar-refractivity contribution in [2.75, 3.05) is 42.6 Å². The monoisotopic (exact) mass is 394 g/mol. The van der Waals surface area contributed by atoms with Crippen LogP contribution in [0.15, 0.2) is 18.2 Å². The van der Waals surface area contributed by atoms with Crippen LogP contribution in [-0.4, -0.2) is 57.1 Å². The fourth-order valence-electron chi connectivity index (χ4n) is 3.67. The number of rotatable bonds is 3. The highest BCUT2D eigenvalue weighted by Gasteiger charge is 2.38. The maximum atomic E-state index is 12.8. The summed E-state index contributed by atoms with van der Waals surface area (Å²) in [4.78, 5) is 13.3. The molecule has 0 saturated carbocycles. The summed E-state index contributed by atoms with van der Waals surface area (Å²) in [6, 6.07) is 2.60. The zero-order chi connectivity index (χ0) is 19.1. The topological polar surface area (TPSA) is 85.0 Å². The molecule has 26 heavy (non-hydrogen) atoms. The van der Waals surface area contributed by atoms with E-state index >= 15 is 0 Å². The second kappa shape index (κ2) is 6.69. The predicted molar refractivity (Wildman–Crippen MR) is 88.1 cm³/mol. The van der Waals surface area contributed by atoms with Crippen LogP contribution in [0.2, 0.25) is 0 Å². The van der Waals surface area contributed by atoms with E-state index in [1.54, 1.807) is 4.90 Å². The van der Waals surface area contributed by atoms with E-state index in [1.165, 1.54) is 0 Å². The van der Waals surface area contributed by atoms with Crippen LogP contribution in [0.25, 0.3) is 0 Å². The third kappa shape index (κ3) is 3.93. The van der Waals surface area contributed by atoms with Crippen molar-refractivity contribution in [3.8, 4) is 0 Å². The summed E-state index contributed by atoms with van der Waals surface area (Å²) in [6.45, 7) is 2.05. The number of alkyl halides is 3. The SMILES string of the molecule is O=[N+]([O-])c1cc(C(F)(F)F)ccc1N1CC[NH+]([C@@H]2CCS(=O)(=O)C2)CC1. The predicted octanol–water partition coefficient (Wildman–Crippen LogP) is 0.506. The average Bonchev–Trinajstić information content (AvgIpc) is 2.93. The van der Waals surface area contributed by atoms with E-state index < -0.39 is 32.2 Å². The molecule has 1 aromatic carbocycles. The highest BCUT2D eigenvalue weighted by molar-refractivity contribution is 7.91. The zero-order valence-electron chi connectivity index (χ0n) is 13.8. The first-order valence-electron chi connectivity index (χ1n) is 8.22. The molecule has 0 aromatic heterocycles. The van der Waals surface area contributed by atoms with Gasteiger partial charge >= 0.3 is 6.18 Å². The van der Waals surface area contributed by atoms with Gasteiger partial charge in [-0.1, -0.05) is 0 Å². The number of nitro groups is 1. The number of quaternary nitrogens is 1. The molecular weight excluding hydrogens is 375 g/mol. The zero-order valence-corrected chi connectivity index (χ0v) is 14.6. The molecule has 7 nitrogen and oxygen atoms in total. The van der Waals surface area contributed by atoms with Crippen LogP contribution >= 0.6 is 0 Å². The molecule has 0 radical (unpaired) electrons. The van der Waals surface area contributed by atoms with E-state index in [1.807, 2.05) is 0 Å². The van der Waals surface area contributed by atoms with Gasteiger partial charge in [-0.25, -0.2) is 8.42 Å². The van der Waals surface area contributed by atoms with Crippen molar-refractivity contribution in [3.63, 3.8) is 0 Å². The molecule has 3 rings (SSSR count). The lowest BCUT2D eigenvalue weighted by Crippen LogP contribution is -3.18. The molecule has 0 amide bonds. The van der Waals surface area contributed by atoms with Crippen molar-refractivity contribution in [3.05, 3.63) is 33.9 Å². The van der Waals surface area contributed by atoms with Crippen molar-refractivity contribution < 1.29 is 31.4 Å². The van der Waals surface area contributed by atoms with Crippen molar-refractivity contribution in [2.45, 2.75) is 18.6 Å². The largest absolute Gasteiger partial charge is 0.416 e. The molecule has 2 heterocycles. The first kappa shape index (κ1) is 18.9. The minimum atomic E-state index is -4.64. The molecule has 2 saturated heterocycles. The second-order valence-corrected chi connectivity index (χ2v) is 8.93. The molecule has 0 bridgehead atoms. The number of nitrogens with zero attached hydrogens (tertiary/aromatic N) is 2. The number of halogens is 3. The van der Waals surface area contributed by atoms with Crippen LogP contribution < -0.4 is 9.80 Å². The summed E-state index contributed by atoms with van der Waals surface area (Å²) in [6.07, 6.45) is -4.03. The van der Waals surface area contributed by atoms with Gasteiger partial charge in [0.15, 0.2) is 9.84 Å². The molecular formula is C15H19F3N3O4S+. The molecule has 2 aliphatic heterocycles. The van der Waals surface area contributed by atoms with Crippen molar-refractivity contribution in [2.24, 2.45) is 0 Å². The summed E-state index contributed by atoms with van der Waals surface area (Å²) >= 11 is 0. The Kier molecular flexibility index (Phi) is 4.86. The van der Waals surface area contributed by atoms with E-state index in [0.29, 0.717) is 38.7 Å². The van der Waals surface area contributed by atoms with Crippen molar-refractivity contribution in [1.82, 2.24) is 0 Å². The third-order valence-electron chi connectivity index (χ3n) is 5.06. The normalized spacial score (nSPS) is 24.0. The molecule has 0 spiro atoms. The van der Waals surface area contributed by atoms with Crippen molar-refractivity contribution in [1.29, 1.82) is 0 Å². The van der Waals surface area contributed by atoms with Gasteiger partial charge in [-0.2, -0.15) is 13.2 Å². The van der Waals surface area contributed by atoms with Gasteiger partial charge in [-0.15, -0.1) is 0 Å². The van der Waals surface area contributed by atoms with E-state index in [2.05, 4.69) is 0 Å². The van der Waals surface area contributed by atoms with E-state index in [9.17, 15) is 31.7 Å². The minimum absolute atomic E-state index is 0.0322. The Morgan fingerprint density at radius 2 is 1.88 bits per heavy atom. The van der Waals surface area contributed by atoms with Crippen LogP contribution in [0.1, 0.15) is 12.0 Å². The Bertz CT molecular complexity index is 805. The maximum absolute atomic E-state index is 12.8. The number of hydrogen-bond acceptors (Lipinski definition) is 5. The molecule has 144 valence electrons. The van der Waals surface area contributed by atoms with Gasteiger partial charge < -0.3 is 9.80 Å². The fourth-order valence-corrected chi connectivity index (χ4v) is 5.50. The van der Waals surface area contributed by atoms with Gasteiger partial charge in [0.1, 0.15) is 17.5 Å². The smallest absolute Gasteiger partial charge is 0.355 e. The molecule has 1 atom stereocenters.